The SMILES string of the molecule is Cc1ccc(C(=O)NCCNC(=O)C(CN)c2ccccc2)cc1.Cl. The van der Waals surface area contributed by atoms with E-state index < -0.39 is 0 Å². The number of carbonyl (C=O) groups is 2. The van der Waals surface area contributed by atoms with Gasteiger partial charge in [-0.1, -0.05) is 48.0 Å². The molecule has 1 atom stereocenters. The molecule has 0 heterocycles. The summed E-state index contributed by atoms with van der Waals surface area (Å²) in [5.41, 5.74) is 8.32. The number of nitrogens with one attached hydrogen (secondary N) is 2. The minimum absolute atomic E-state index is 0. The van der Waals surface area contributed by atoms with Crippen molar-refractivity contribution in [2.75, 3.05) is 19.6 Å². The highest BCUT2D eigenvalue weighted by molar-refractivity contribution is 5.94. The van der Waals surface area contributed by atoms with Crippen LogP contribution in [0.4, 0.5) is 0 Å². The molecule has 25 heavy (non-hydrogen) atoms. The van der Waals surface area contributed by atoms with Gasteiger partial charge in [0.1, 0.15) is 0 Å². The van der Waals surface area contributed by atoms with Crippen molar-refractivity contribution in [3.05, 3.63) is 71.3 Å². The first-order chi connectivity index (χ1) is 11.6. The fourth-order valence-electron chi connectivity index (χ4n) is 2.37. The van der Waals surface area contributed by atoms with E-state index in [9.17, 15) is 9.59 Å². The molecular weight excluding hydrogens is 338 g/mol. The van der Waals surface area contributed by atoms with Crippen molar-refractivity contribution in [2.45, 2.75) is 12.8 Å². The highest BCUT2D eigenvalue weighted by Crippen LogP contribution is 2.13. The maximum Gasteiger partial charge on any atom is 0.251 e. The zero-order valence-corrected chi connectivity index (χ0v) is 15.0. The van der Waals surface area contributed by atoms with E-state index in [4.69, 9.17) is 5.73 Å². The zero-order chi connectivity index (χ0) is 17.4. The molecule has 134 valence electrons. The normalized spacial score (nSPS) is 11.1. The molecule has 0 spiro atoms. The summed E-state index contributed by atoms with van der Waals surface area (Å²) in [6.45, 7) is 2.94. The van der Waals surface area contributed by atoms with Crippen LogP contribution in [0.5, 0.6) is 0 Å². The van der Waals surface area contributed by atoms with Gasteiger partial charge in [0.2, 0.25) is 5.91 Å². The number of benzene rings is 2. The van der Waals surface area contributed by atoms with Crippen LogP contribution >= 0.6 is 12.4 Å². The zero-order valence-electron chi connectivity index (χ0n) is 14.2. The van der Waals surface area contributed by atoms with Gasteiger partial charge in [0.25, 0.3) is 5.91 Å². The van der Waals surface area contributed by atoms with Gasteiger partial charge in [0.05, 0.1) is 5.92 Å². The largest absolute Gasteiger partial charge is 0.354 e. The highest BCUT2D eigenvalue weighted by atomic mass is 35.5. The van der Waals surface area contributed by atoms with Crippen LogP contribution in [0.3, 0.4) is 0 Å². The first-order valence-electron chi connectivity index (χ1n) is 7.99. The Morgan fingerprint density at radius 2 is 1.56 bits per heavy atom. The summed E-state index contributed by atoms with van der Waals surface area (Å²) in [5.74, 6) is -0.657. The second-order valence-corrected chi connectivity index (χ2v) is 5.61. The topological polar surface area (TPSA) is 84.2 Å². The van der Waals surface area contributed by atoms with Crippen LogP contribution in [0, 0.1) is 6.92 Å². The standard InChI is InChI=1S/C19H23N3O2.ClH/c1-14-7-9-16(10-8-14)18(23)21-11-12-22-19(24)17(13-20)15-5-3-2-4-6-15;/h2-10,17H,11-13,20H2,1H3,(H,21,23)(H,22,24);1H. The smallest absolute Gasteiger partial charge is 0.251 e. The quantitative estimate of drug-likeness (QED) is 0.659. The van der Waals surface area contributed by atoms with Gasteiger partial charge in [-0.3, -0.25) is 9.59 Å². The van der Waals surface area contributed by atoms with Gasteiger partial charge in [-0.25, -0.2) is 0 Å². The molecule has 2 amide bonds. The van der Waals surface area contributed by atoms with Crippen molar-refractivity contribution in [3.63, 3.8) is 0 Å². The monoisotopic (exact) mass is 361 g/mol. The van der Waals surface area contributed by atoms with Crippen LogP contribution in [0.25, 0.3) is 0 Å². The fourth-order valence-corrected chi connectivity index (χ4v) is 2.37. The van der Waals surface area contributed by atoms with E-state index in [1.807, 2.05) is 49.4 Å². The van der Waals surface area contributed by atoms with E-state index in [0.717, 1.165) is 11.1 Å². The number of rotatable bonds is 7. The van der Waals surface area contributed by atoms with Crippen LogP contribution < -0.4 is 16.4 Å². The molecule has 0 radical (unpaired) electrons. The second kappa shape index (κ2) is 10.5. The number of hydrogen-bond acceptors (Lipinski definition) is 3. The summed E-state index contributed by atoms with van der Waals surface area (Å²) >= 11 is 0. The van der Waals surface area contributed by atoms with Crippen molar-refractivity contribution in [3.8, 4) is 0 Å². The Kier molecular flexibility index (Phi) is 8.67. The Morgan fingerprint density at radius 3 is 2.16 bits per heavy atom. The number of halogens is 1. The summed E-state index contributed by atoms with van der Waals surface area (Å²) in [6, 6.07) is 16.8. The number of carbonyl (C=O) groups excluding carboxylic acids is 2. The minimum Gasteiger partial charge on any atom is -0.354 e. The van der Waals surface area contributed by atoms with Crippen LogP contribution in [-0.2, 0) is 4.79 Å². The molecule has 1 unspecified atom stereocenters. The van der Waals surface area contributed by atoms with Crippen LogP contribution in [0.2, 0.25) is 0 Å². The van der Waals surface area contributed by atoms with Crippen molar-refractivity contribution >= 4 is 24.2 Å². The summed E-state index contributed by atoms with van der Waals surface area (Å²) in [6.07, 6.45) is 0. The first kappa shape index (κ1) is 20.7. The van der Waals surface area contributed by atoms with E-state index in [2.05, 4.69) is 10.6 Å². The van der Waals surface area contributed by atoms with Crippen LogP contribution in [-0.4, -0.2) is 31.4 Å². The number of aryl methyl sites for hydroxylation is 1. The van der Waals surface area contributed by atoms with Gasteiger partial charge in [0, 0.05) is 25.2 Å². The minimum atomic E-state index is -0.376. The van der Waals surface area contributed by atoms with Gasteiger partial charge in [0.15, 0.2) is 0 Å². The predicted molar refractivity (Wildman–Crippen MR) is 102 cm³/mol. The number of hydrogen-bond donors (Lipinski definition) is 3. The molecule has 2 aromatic carbocycles. The van der Waals surface area contributed by atoms with Crippen molar-refractivity contribution in [1.82, 2.24) is 10.6 Å². The maximum atomic E-state index is 12.2. The Labute approximate surface area is 154 Å². The lowest BCUT2D eigenvalue weighted by Crippen LogP contribution is -2.38. The number of nitrogens with two attached hydrogens (primary N) is 1. The lowest BCUT2D eigenvalue weighted by molar-refractivity contribution is -0.122. The average molecular weight is 362 g/mol. The van der Waals surface area contributed by atoms with Crippen LogP contribution in [0.15, 0.2) is 54.6 Å². The highest BCUT2D eigenvalue weighted by Gasteiger charge is 2.18. The average Bonchev–Trinajstić information content (AvgIpc) is 2.61. The van der Waals surface area contributed by atoms with Gasteiger partial charge in [-0.05, 0) is 24.6 Å². The maximum absolute atomic E-state index is 12.2. The molecular formula is C19H24ClN3O2. The van der Waals surface area contributed by atoms with E-state index in [1.165, 1.54) is 0 Å². The van der Waals surface area contributed by atoms with E-state index in [1.54, 1.807) is 12.1 Å². The summed E-state index contributed by atoms with van der Waals surface area (Å²) < 4.78 is 0. The van der Waals surface area contributed by atoms with Gasteiger partial charge in [-0.15, -0.1) is 12.4 Å². The summed E-state index contributed by atoms with van der Waals surface area (Å²) in [7, 11) is 0. The molecule has 0 aliphatic heterocycles. The lowest BCUT2D eigenvalue weighted by atomic mass is 9.98. The number of amides is 2. The van der Waals surface area contributed by atoms with Crippen molar-refractivity contribution < 1.29 is 9.59 Å². The summed E-state index contributed by atoms with van der Waals surface area (Å²) in [5, 5.41) is 5.60. The molecule has 6 heteroatoms. The Balaban J connectivity index is 0.00000312. The third-order valence-corrected chi connectivity index (χ3v) is 3.78. The Bertz CT molecular complexity index is 675. The molecule has 4 N–H and O–H groups in total. The molecule has 5 nitrogen and oxygen atoms in total. The van der Waals surface area contributed by atoms with Gasteiger partial charge >= 0.3 is 0 Å². The summed E-state index contributed by atoms with van der Waals surface area (Å²) in [4.78, 5) is 24.2. The predicted octanol–water partition coefficient (Wildman–Crippen LogP) is 2.01. The van der Waals surface area contributed by atoms with Gasteiger partial charge in [-0.2, -0.15) is 0 Å². The molecule has 0 aliphatic rings. The Morgan fingerprint density at radius 1 is 0.960 bits per heavy atom. The fraction of sp³-hybridized carbons (Fsp3) is 0.263. The molecule has 0 fully saturated rings. The first-order valence-corrected chi connectivity index (χ1v) is 7.99. The molecule has 0 aromatic heterocycles. The van der Waals surface area contributed by atoms with E-state index in [0.29, 0.717) is 18.7 Å². The van der Waals surface area contributed by atoms with Crippen molar-refractivity contribution in [1.29, 1.82) is 0 Å². The third kappa shape index (κ3) is 6.21. The van der Waals surface area contributed by atoms with Crippen LogP contribution in [0.1, 0.15) is 27.4 Å². The lowest BCUT2D eigenvalue weighted by Gasteiger charge is -2.15. The third-order valence-electron chi connectivity index (χ3n) is 3.78. The van der Waals surface area contributed by atoms with E-state index >= 15 is 0 Å². The molecule has 0 bridgehead atoms. The molecule has 0 saturated heterocycles. The second-order valence-electron chi connectivity index (χ2n) is 5.61. The molecule has 0 aliphatic carbocycles. The van der Waals surface area contributed by atoms with Gasteiger partial charge < -0.3 is 16.4 Å². The van der Waals surface area contributed by atoms with Crippen molar-refractivity contribution in [2.24, 2.45) is 5.73 Å². The Hall–Kier alpha value is -2.37. The molecule has 0 saturated carbocycles. The van der Waals surface area contributed by atoms with E-state index in [-0.39, 0.29) is 36.7 Å². The molecule has 2 rings (SSSR count). The molecule has 2 aromatic rings.